The highest BCUT2D eigenvalue weighted by Crippen LogP contribution is 2.23. The third-order valence-corrected chi connectivity index (χ3v) is 5.69. The number of rotatable bonds is 7. The summed E-state index contributed by atoms with van der Waals surface area (Å²) in [4.78, 5) is 12.1. The van der Waals surface area contributed by atoms with Gasteiger partial charge in [-0.25, -0.2) is 8.42 Å². The van der Waals surface area contributed by atoms with Crippen LogP contribution in [-0.2, 0) is 14.8 Å². The summed E-state index contributed by atoms with van der Waals surface area (Å²) < 4.78 is 31.0. The second-order valence-electron chi connectivity index (χ2n) is 6.17. The summed E-state index contributed by atoms with van der Waals surface area (Å²) in [6.07, 6.45) is 2.52. The van der Waals surface area contributed by atoms with Crippen LogP contribution in [0, 0.1) is 0 Å². The molecule has 24 heavy (non-hydrogen) atoms. The van der Waals surface area contributed by atoms with Crippen molar-refractivity contribution in [1.29, 1.82) is 0 Å². The second-order valence-corrected chi connectivity index (χ2v) is 8.18. The molecule has 0 aromatic heterocycles. The summed E-state index contributed by atoms with van der Waals surface area (Å²) in [5.74, 6) is 0.0285. The van der Waals surface area contributed by atoms with Crippen molar-refractivity contribution in [3.05, 3.63) is 29.8 Å². The van der Waals surface area contributed by atoms with E-state index in [0.717, 1.165) is 12.8 Å². The van der Waals surface area contributed by atoms with Crippen LogP contribution in [0.15, 0.2) is 24.3 Å². The Morgan fingerprint density at radius 2 is 1.96 bits per heavy atom. The molecule has 1 aliphatic rings. The molecule has 1 aliphatic heterocycles. The minimum atomic E-state index is -3.22. The first-order valence-corrected chi connectivity index (χ1v) is 10.0. The monoisotopic (exact) mass is 354 g/mol. The first-order chi connectivity index (χ1) is 11.4. The van der Waals surface area contributed by atoms with Crippen LogP contribution in [0.4, 0.5) is 5.69 Å². The van der Waals surface area contributed by atoms with E-state index in [4.69, 9.17) is 4.74 Å². The van der Waals surface area contributed by atoms with E-state index in [1.165, 1.54) is 4.31 Å². The van der Waals surface area contributed by atoms with Crippen LogP contribution in [0.25, 0.3) is 0 Å². The molecular formula is C17H26N2O4S. The van der Waals surface area contributed by atoms with Crippen molar-refractivity contribution in [2.45, 2.75) is 39.2 Å². The molecule has 1 saturated heterocycles. The average Bonchev–Trinajstić information content (AvgIpc) is 2.54. The minimum absolute atomic E-state index is 0.160. The van der Waals surface area contributed by atoms with Gasteiger partial charge in [0.1, 0.15) is 0 Å². The van der Waals surface area contributed by atoms with Gasteiger partial charge in [-0.3, -0.25) is 9.10 Å². The maximum absolute atomic E-state index is 12.1. The Morgan fingerprint density at radius 1 is 1.25 bits per heavy atom. The number of nitrogens with one attached hydrogen (secondary N) is 1. The van der Waals surface area contributed by atoms with E-state index >= 15 is 0 Å². The van der Waals surface area contributed by atoms with Crippen molar-refractivity contribution in [3.63, 3.8) is 0 Å². The third kappa shape index (κ3) is 5.21. The number of hydrogen-bond donors (Lipinski definition) is 1. The topological polar surface area (TPSA) is 75.7 Å². The Hall–Kier alpha value is -1.60. The summed E-state index contributed by atoms with van der Waals surface area (Å²) in [6, 6.07) is 6.72. The number of anilines is 1. The van der Waals surface area contributed by atoms with Crippen LogP contribution in [0.1, 0.15) is 43.5 Å². The average molecular weight is 354 g/mol. The highest BCUT2D eigenvalue weighted by Gasteiger charge is 2.25. The number of nitrogens with zero attached hydrogens (tertiary/aromatic N) is 1. The Labute approximate surface area is 144 Å². The summed E-state index contributed by atoms with van der Waals surface area (Å²) in [7, 11) is -3.22. The van der Waals surface area contributed by atoms with Crippen LogP contribution in [0.5, 0.6) is 0 Å². The third-order valence-electron chi connectivity index (χ3n) is 3.82. The van der Waals surface area contributed by atoms with E-state index in [1.807, 2.05) is 13.8 Å². The van der Waals surface area contributed by atoms with Crippen molar-refractivity contribution >= 4 is 21.6 Å². The zero-order valence-electron chi connectivity index (χ0n) is 14.3. The molecule has 1 heterocycles. The van der Waals surface area contributed by atoms with Gasteiger partial charge in [-0.15, -0.1) is 0 Å². The standard InChI is InChI=1S/C17H26N2O4S/c1-14(2)23-12-5-10-18-17(20)15-6-8-16(9-7-15)19-11-3-4-13-24(19,21)22/h6-9,14H,3-5,10-13H2,1-2H3,(H,18,20). The minimum Gasteiger partial charge on any atom is -0.379 e. The lowest BCUT2D eigenvalue weighted by atomic mass is 10.2. The summed E-state index contributed by atoms with van der Waals surface area (Å²) in [5.41, 5.74) is 1.15. The van der Waals surface area contributed by atoms with E-state index in [2.05, 4.69) is 5.32 Å². The number of sulfonamides is 1. The molecule has 2 rings (SSSR count). The van der Waals surface area contributed by atoms with Gasteiger partial charge in [0, 0.05) is 25.3 Å². The van der Waals surface area contributed by atoms with Crippen LogP contribution < -0.4 is 9.62 Å². The highest BCUT2D eigenvalue weighted by molar-refractivity contribution is 7.92. The Bertz CT molecular complexity index is 641. The van der Waals surface area contributed by atoms with Gasteiger partial charge in [0.05, 0.1) is 17.5 Å². The maximum atomic E-state index is 12.1. The predicted octanol–water partition coefficient (Wildman–Crippen LogP) is 2.16. The lowest BCUT2D eigenvalue weighted by molar-refractivity contribution is 0.0757. The summed E-state index contributed by atoms with van der Waals surface area (Å²) in [6.45, 7) is 5.62. The van der Waals surface area contributed by atoms with E-state index in [-0.39, 0.29) is 17.8 Å². The van der Waals surface area contributed by atoms with Gasteiger partial charge in [-0.05, 0) is 57.4 Å². The van der Waals surface area contributed by atoms with E-state index in [0.29, 0.717) is 37.4 Å². The number of amides is 1. The molecule has 0 radical (unpaired) electrons. The van der Waals surface area contributed by atoms with Crippen LogP contribution >= 0.6 is 0 Å². The number of hydrogen-bond acceptors (Lipinski definition) is 4. The molecule has 1 N–H and O–H groups in total. The Morgan fingerprint density at radius 3 is 2.58 bits per heavy atom. The van der Waals surface area contributed by atoms with Crippen LogP contribution in [0.3, 0.4) is 0 Å². The molecule has 1 fully saturated rings. The number of benzene rings is 1. The lowest BCUT2D eigenvalue weighted by Crippen LogP contribution is -2.37. The van der Waals surface area contributed by atoms with Crippen molar-refractivity contribution in [1.82, 2.24) is 5.32 Å². The SMILES string of the molecule is CC(C)OCCCNC(=O)c1ccc(N2CCCCS2(=O)=O)cc1. The molecule has 0 atom stereocenters. The summed E-state index contributed by atoms with van der Waals surface area (Å²) in [5, 5.41) is 2.84. The molecule has 134 valence electrons. The highest BCUT2D eigenvalue weighted by atomic mass is 32.2. The van der Waals surface area contributed by atoms with Gasteiger partial charge in [0.25, 0.3) is 5.91 Å². The van der Waals surface area contributed by atoms with Crippen LogP contribution in [0.2, 0.25) is 0 Å². The normalized spacial score (nSPS) is 17.0. The summed E-state index contributed by atoms with van der Waals surface area (Å²) >= 11 is 0. The fourth-order valence-electron chi connectivity index (χ4n) is 2.55. The fourth-order valence-corrected chi connectivity index (χ4v) is 4.19. The maximum Gasteiger partial charge on any atom is 0.251 e. The Balaban J connectivity index is 1.88. The zero-order chi connectivity index (χ0) is 17.6. The van der Waals surface area contributed by atoms with Gasteiger partial charge in [0.15, 0.2) is 0 Å². The van der Waals surface area contributed by atoms with Crippen molar-refractivity contribution in [2.75, 3.05) is 29.8 Å². The van der Waals surface area contributed by atoms with Gasteiger partial charge in [0.2, 0.25) is 10.0 Å². The number of ether oxygens (including phenoxy) is 1. The molecule has 1 aromatic rings. The zero-order valence-corrected chi connectivity index (χ0v) is 15.1. The predicted molar refractivity (Wildman–Crippen MR) is 94.8 cm³/mol. The molecule has 0 bridgehead atoms. The van der Waals surface area contributed by atoms with Gasteiger partial charge in [-0.1, -0.05) is 0 Å². The molecule has 7 heteroatoms. The molecule has 6 nitrogen and oxygen atoms in total. The second kappa shape index (κ2) is 8.48. The van der Waals surface area contributed by atoms with E-state index < -0.39 is 10.0 Å². The first kappa shape index (κ1) is 18.7. The van der Waals surface area contributed by atoms with Gasteiger partial charge < -0.3 is 10.1 Å². The van der Waals surface area contributed by atoms with E-state index in [9.17, 15) is 13.2 Å². The molecule has 0 aliphatic carbocycles. The molecule has 1 amide bonds. The molecule has 0 saturated carbocycles. The fraction of sp³-hybridized carbons (Fsp3) is 0.588. The largest absolute Gasteiger partial charge is 0.379 e. The lowest BCUT2D eigenvalue weighted by Gasteiger charge is -2.28. The van der Waals surface area contributed by atoms with Crippen molar-refractivity contribution in [2.24, 2.45) is 0 Å². The Kier molecular flexibility index (Phi) is 6.62. The smallest absolute Gasteiger partial charge is 0.251 e. The molecule has 0 unspecified atom stereocenters. The van der Waals surface area contributed by atoms with Crippen molar-refractivity contribution < 1.29 is 17.9 Å². The molecule has 0 spiro atoms. The molecular weight excluding hydrogens is 328 g/mol. The number of carbonyl (C=O) groups is 1. The molecule has 1 aromatic carbocycles. The quantitative estimate of drug-likeness (QED) is 0.762. The van der Waals surface area contributed by atoms with Gasteiger partial charge in [-0.2, -0.15) is 0 Å². The number of carbonyl (C=O) groups excluding carboxylic acids is 1. The van der Waals surface area contributed by atoms with Gasteiger partial charge >= 0.3 is 0 Å². The van der Waals surface area contributed by atoms with E-state index in [1.54, 1.807) is 24.3 Å². The van der Waals surface area contributed by atoms with Crippen LogP contribution in [-0.4, -0.2) is 45.9 Å². The van der Waals surface area contributed by atoms with Crippen molar-refractivity contribution in [3.8, 4) is 0 Å². The first-order valence-electron chi connectivity index (χ1n) is 8.40.